The van der Waals surface area contributed by atoms with Crippen LogP contribution in [0.15, 0.2) is 42.6 Å². The van der Waals surface area contributed by atoms with Crippen molar-refractivity contribution in [1.82, 2.24) is 19.9 Å². The summed E-state index contributed by atoms with van der Waals surface area (Å²) in [6.07, 6.45) is 7.64. The SMILES string of the molecule is c1ccc(CCC2CCN(c3c4c(nc5ccnn35)CCNCC4)C2)cc1. The standard InChI is InChI=1S/C22H27N5/c1-2-4-17(5-3-1)6-7-18-11-15-26(16-18)22-19-8-12-23-13-9-20(19)25-21-10-14-24-27(21)22/h1-5,10,14,18,23H,6-9,11-13,15-16H2. The van der Waals surface area contributed by atoms with Crippen LogP contribution in [0.5, 0.6) is 0 Å². The summed E-state index contributed by atoms with van der Waals surface area (Å²) in [4.78, 5) is 7.47. The number of anilines is 1. The fraction of sp³-hybridized carbons (Fsp3) is 0.455. The van der Waals surface area contributed by atoms with E-state index in [0.717, 1.165) is 50.6 Å². The summed E-state index contributed by atoms with van der Waals surface area (Å²) in [6.45, 7) is 4.30. The van der Waals surface area contributed by atoms with E-state index in [2.05, 4.69) is 50.2 Å². The van der Waals surface area contributed by atoms with Crippen molar-refractivity contribution < 1.29 is 0 Å². The van der Waals surface area contributed by atoms with Gasteiger partial charge in [0.05, 0.1) is 11.9 Å². The second kappa shape index (κ2) is 7.31. The van der Waals surface area contributed by atoms with Gasteiger partial charge in [-0.05, 0) is 43.7 Å². The first-order chi connectivity index (χ1) is 13.4. The minimum atomic E-state index is 0.753. The number of aryl methyl sites for hydroxylation is 1. The van der Waals surface area contributed by atoms with E-state index >= 15 is 0 Å². The van der Waals surface area contributed by atoms with E-state index in [1.54, 1.807) is 0 Å². The van der Waals surface area contributed by atoms with Crippen LogP contribution in [0.2, 0.25) is 0 Å². The Morgan fingerprint density at radius 3 is 2.89 bits per heavy atom. The molecular formula is C22H27N5. The summed E-state index contributed by atoms with van der Waals surface area (Å²) in [5, 5.41) is 8.13. The van der Waals surface area contributed by atoms with Crippen LogP contribution in [0.25, 0.3) is 5.65 Å². The van der Waals surface area contributed by atoms with E-state index in [-0.39, 0.29) is 0 Å². The van der Waals surface area contributed by atoms with Crippen molar-refractivity contribution in [2.24, 2.45) is 5.92 Å². The molecule has 1 saturated heterocycles. The maximum atomic E-state index is 4.90. The Labute approximate surface area is 160 Å². The highest BCUT2D eigenvalue weighted by atomic mass is 15.4. The molecule has 27 heavy (non-hydrogen) atoms. The number of hydrogen-bond acceptors (Lipinski definition) is 4. The lowest BCUT2D eigenvalue weighted by atomic mass is 9.99. The zero-order valence-corrected chi connectivity index (χ0v) is 15.8. The van der Waals surface area contributed by atoms with Gasteiger partial charge < -0.3 is 10.2 Å². The molecule has 5 heteroatoms. The average molecular weight is 361 g/mol. The number of rotatable bonds is 4. The Hall–Kier alpha value is -2.40. The maximum absolute atomic E-state index is 4.90. The zero-order valence-electron chi connectivity index (χ0n) is 15.8. The van der Waals surface area contributed by atoms with Gasteiger partial charge in [-0.15, -0.1) is 0 Å². The van der Waals surface area contributed by atoms with E-state index < -0.39 is 0 Å². The highest BCUT2D eigenvalue weighted by Crippen LogP contribution is 2.31. The molecule has 0 saturated carbocycles. The lowest BCUT2D eigenvalue weighted by Crippen LogP contribution is -2.26. The third-order valence-corrected chi connectivity index (χ3v) is 6.05. The van der Waals surface area contributed by atoms with Gasteiger partial charge in [0, 0.05) is 37.7 Å². The highest BCUT2D eigenvalue weighted by Gasteiger charge is 2.28. The van der Waals surface area contributed by atoms with Crippen LogP contribution in [0.4, 0.5) is 5.82 Å². The first-order valence-corrected chi connectivity index (χ1v) is 10.2. The van der Waals surface area contributed by atoms with Gasteiger partial charge >= 0.3 is 0 Å². The molecule has 0 bridgehead atoms. The monoisotopic (exact) mass is 361 g/mol. The van der Waals surface area contributed by atoms with Crippen molar-refractivity contribution in [1.29, 1.82) is 0 Å². The maximum Gasteiger partial charge on any atom is 0.157 e. The summed E-state index contributed by atoms with van der Waals surface area (Å²) in [5.41, 5.74) is 5.10. The Balaban J connectivity index is 1.39. The zero-order chi connectivity index (χ0) is 18.1. The number of fused-ring (bicyclic) bond motifs is 2. The van der Waals surface area contributed by atoms with Crippen LogP contribution < -0.4 is 10.2 Å². The molecule has 140 valence electrons. The lowest BCUT2D eigenvalue weighted by Gasteiger charge is -2.24. The largest absolute Gasteiger partial charge is 0.356 e. The van der Waals surface area contributed by atoms with Crippen LogP contribution in [0, 0.1) is 5.92 Å². The summed E-state index contributed by atoms with van der Waals surface area (Å²) in [7, 11) is 0. The number of benzene rings is 1. The van der Waals surface area contributed by atoms with Gasteiger partial charge in [-0.3, -0.25) is 0 Å². The van der Waals surface area contributed by atoms with Gasteiger partial charge in [0.2, 0.25) is 0 Å². The van der Waals surface area contributed by atoms with Crippen molar-refractivity contribution in [2.75, 3.05) is 31.1 Å². The van der Waals surface area contributed by atoms with Crippen molar-refractivity contribution in [3.8, 4) is 0 Å². The molecule has 1 unspecified atom stereocenters. The second-order valence-corrected chi connectivity index (χ2v) is 7.84. The molecule has 0 radical (unpaired) electrons. The molecular weight excluding hydrogens is 334 g/mol. The number of aromatic nitrogens is 3. The van der Waals surface area contributed by atoms with Gasteiger partial charge in [-0.25, -0.2) is 4.98 Å². The predicted molar refractivity (Wildman–Crippen MR) is 108 cm³/mol. The Morgan fingerprint density at radius 2 is 1.96 bits per heavy atom. The van der Waals surface area contributed by atoms with Crippen LogP contribution in [-0.4, -0.2) is 40.8 Å². The molecule has 4 heterocycles. The van der Waals surface area contributed by atoms with Gasteiger partial charge in [0.15, 0.2) is 5.65 Å². The number of nitrogens with one attached hydrogen (secondary N) is 1. The Morgan fingerprint density at radius 1 is 1.07 bits per heavy atom. The van der Waals surface area contributed by atoms with Gasteiger partial charge in [-0.1, -0.05) is 30.3 Å². The van der Waals surface area contributed by atoms with Crippen molar-refractivity contribution in [3.05, 3.63) is 59.4 Å². The molecule has 0 aliphatic carbocycles. The van der Waals surface area contributed by atoms with Crippen LogP contribution in [-0.2, 0) is 19.3 Å². The van der Waals surface area contributed by atoms with Gasteiger partial charge in [0.25, 0.3) is 0 Å². The van der Waals surface area contributed by atoms with Crippen LogP contribution in [0.1, 0.15) is 29.7 Å². The molecule has 2 aliphatic heterocycles. The normalized spacial score (nSPS) is 20.0. The molecule has 0 spiro atoms. The molecule has 1 atom stereocenters. The molecule has 5 nitrogen and oxygen atoms in total. The fourth-order valence-electron chi connectivity index (χ4n) is 4.62. The highest BCUT2D eigenvalue weighted by molar-refractivity contribution is 5.58. The Bertz CT molecular complexity index is 917. The second-order valence-electron chi connectivity index (χ2n) is 7.84. The Kier molecular flexibility index (Phi) is 4.54. The molecule has 1 N–H and O–H groups in total. The minimum absolute atomic E-state index is 0.753. The topological polar surface area (TPSA) is 45.5 Å². The molecule has 1 fully saturated rings. The molecule has 3 aromatic rings. The number of nitrogens with zero attached hydrogens (tertiary/aromatic N) is 4. The summed E-state index contributed by atoms with van der Waals surface area (Å²) >= 11 is 0. The molecule has 5 rings (SSSR count). The summed E-state index contributed by atoms with van der Waals surface area (Å²) < 4.78 is 2.07. The van der Waals surface area contributed by atoms with Crippen LogP contribution in [0.3, 0.4) is 0 Å². The molecule has 2 aromatic heterocycles. The van der Waals surface area contributed by atoms with Gasteiger partial charge in [0.1, 0.15) is 5.82 Å². The first kappa shape index (κ1) is 16.8. The predicted octanol–water partition coefficient (Wildman–Crippen LogP) is 2.88. The smallest absolute Gasteiger partial charge is 0.157 e. The van der Waals surface area contributed by atoms with E-state index in [1.165, 1.54) is 41.9 Å². The van der Waals surface area contributed by atoms with Crippen molar-refractivity contribution in [2.45, 2.75) is 32.1 Å². The van der Waals surface area contributed by atoms with Crippen molar-refractivity contribution >= 4 is 11.5 Å². The average Bonchev–Trinajstić information content (AvgIpc) is 3.30. The van der Waals surface area contributed by atoms with E-state index in [4.69, 9.17) is 4.98 Å². The van der Waals surface area contributed by atoms with E-state index in [1.807, 2.05) is 12.3 Å². The van der Waals surface area contributed by atoms with E-state index in [0.29, 0.717) is 0 Å². The third kappa shape index (κ3) is 3.32. The lowest BCUT2D eigenvalue weighted by molar-refractivity contribution is 0.537. The number of hydrogen-bond donors (Lipinski definition) is 1. The molecule has 1 aromatic carbocycles. The molecule has 0 amide bonds. The summed E-state index contributed by atoms with van der Waals surface area (Å²) in [5.74, 6) is 2.05. The van der Waals surface area contributed by atoms with Gasteiger partial charge in [-0.2, -0.15) is 9.61 Å². The fourth-order valence-corrected chi connectivity index (χ4v) is 4.62. The van der Waals surface area contributed by atoms with Crippen LogP contribution >= 0.6 is 0 Å². The quantitative estimate of drug-likeness (QED) is 0.776. The van der Waals surface area contributed by atoms with Crippen molar-refractivity contribution in [3.63, 3.8) is 0 Å². The van der Waals surface area contributed by atoms with E-state index in [9.17, 15) is 0 Å². The summed E-state index contributed by atoms with van der Waals surface area (Å²) in [6, 6.07) is 12.9. The molecule has 2 aliphatic rings. The first-order valence-electron chi connectivity index (χ1n) is 10.2. The third-order valence-electron chi connectivity index (χ3n) is 6.05. The minimum Gasteiger partial charge on any atom is -0.356 e.